The molecule has 5 heteroatoms. The molecule has 2 N–H and O–H groups in total. The molecule has 118 valence electrons. The number of β-amino-alcohol motifs (C(OH)–C–C–N with tert-alkyl or cyclic N) is 1. The van der Waals surface area contributed by atoms with Crippen LogP contribution in [0.15, 0.2) is 6.07 Å². The van der Waals surface area contributed by atoms with E-state index in [0.29, 0.717) is 6.54 Å². The Morgan fingerprint density at radius 2 is 1.81 bits per heavy atom. The Hall–Kier alpha value is -1.17. The maximum absolute atomic E-state index is 9.91. The first-order valence-electron chi connectivity index (χ1n) is 7.58. The molecule has 0 bridgehead atoms. The molecule has 2 rings (SSSR count). The number of aliphatic hydroxyl groups is 2. The molecule has 0 amide bonds. The van der Waals surface area contributed by atoms with Crippen LogP contribution in [-0.4, -0.2) is 58.4 Å². The van der Waals surface area contributed by atoms with Crippen LogP contribution in [0.3, 0.4) is 0 Å². The molecular weight excluding hydrogens is 266 g/mol. The molecule has 0 spiro atoms. The van der Waals surface area contributed by atoms with Crippen molar-refractivity contribution in [2.45, 2.75) is 39.9 Å². The second kappa shape index (κ2) is 6.30. The van der Waals surface area contributed by atoms with Gasteiger partial charge in [0.25, 0.3) is 0 Å². The lowest BCUT2D eigenvalue weighted by Crippen LogP contribution is -2.51. The van der Waals surface area contributed by atoms with Crippen LogP contribution < -0.4 is 4.90 Å². The van der Waals surface area contributed by atoms with Crippen LogP contribution in [0.25, 0.3) is 0 Å². The third-order valence-electron chi connectivity index (χ3n) is 3.89. The third-order valence-corrected chi connectivity index (χ3v) is 3.89. The Kier molecular flexibility index (Phi) is 4.86. The number of aromatic nitrogens is 1. The van der Waals surface area contributed by atoms with E-state index >= 15 is 0 Å². The zero-order chi connectivity index (χ0) is 15.6. The molecule has 0 radical (unpaired) electrons. The van der Waals surface area contributed by atoms with Gasteiger partial charge in [0.2, 0.25) is 0 Å². The number of aryl methyl sites for hydroxylation is 2. The Morgan fingerprint density at radius 1 is 1.19 bits per heavy atom. The highest BCUT2D eigenvalue weighted by Crippen LogP contribution is 2.24. The fraction of sp³-hybridized carbons (Fsp3) is 0.688. The number of nitrogens with zero attached hydrogens (tertiary/aromatic N) is 3. The first-order chi connectivity index (χ1) is 9.80. The highest BCUT2D eigenvalue weighted by atomic mass is 16.3. The Labute approximate surface area is 127 Å². The van der Waals surface area contributed by atoms with Crippen molar-refractivity contribution in [1.29, 1.82) is 0 Å². The van der Waals surface area contributed by atoms with Crippen LogP contribution in [0.2, 0.25) is 0 Å². The fourth-order valence-electron chi connectivity index (χ4n) is 2.97. The first kappa shape index (κ1) is 16.2. The molecule has 5 nitrogen and oxygen atoms in total. The molecule has 1 fully saturated rings. The van der Waals surface area contributed by atoms with Crippen molar-refractivity contribution in [2.24, 2.45) is 0 Å². The van der Waals surface area contributed by atoms with Crippen molar-refractivity contribution in [3.63, 3.8) is 0 Å². The van der Waals surface area contributed by atoms with Crippen molar-refractivity contribution < 1.29 is 10.2 Å². The van der Waals surface area contributed by atoms with E-state index in [1.807, 2.05) is 33.8 Å². The smallest absolute Gasteiger partial charge is 0.134 e. The van der Waals surface area contributed by atoms with Crippen molar-refractivity contribution in [3.05, 3.63) is 22.9 Å². The maximum atomic E-state index is 9.91. The van der Waals surface area contributed by atoms with E-state index < -0.39 is 5.60 Å². The van der Waals surface area contributed by atoms with Gasteiger partial charge >= 0.3 is 0 Å². The van der Waals surface area contributed by atoms with Crippen LogP contribution in [0.1, 0.15) is 30.7 Å². The van der Waals surface area contributed by atoms with Gasteiger partial charge in [-0.15, -0.1) is 0 Å². The molecule has 0 atom stereocenters. The zero-order valence-electron chi connectivity index (χ0n) is 13.6. The molecule has 1 aromatic heterocycles. The first-order valence-corrected chi connectivity index (χ1v) is 7.58. The summed E-state index contributed by atoms with van der Waals surface area (Å²) >= 11 is 0. The van der Waals surface area contributed by atoms with Crippen LogP contribution >= 0.6 is 0 Å². The number of anilines is 1. The second-order valence-corrected chi connectivity index (χ2v) is 6.62. The van der Waals surface area contributed by atoms with Crippen molar-refractivity contribution in [3.8, 4) is 0 Å². The molecule has 0 aromatic carbocycles. The highest BCUT2D eigenvalue weighted by molar-refractivity contribution is 5.51. The van der Waals surface area contributed by atoms with E-state index in [2.05, 4.69) is 14.8 Å². The molecule has 1 aromatic rings. The van der Waals surface area contributed by atoms with Crippen molar-refractivity contribution in [1.82, 2.24) is 9.88 Å². The summed E-state index contributed by atoms with van der Waals surface area (Å²) < 4.78 is 0. The molecule has 1 aliphatic rings. The minimum atomic E-state index is -0.656. The second-order valence-electron chi connectivity index (χ2n) is 6.62. The van der Waals surface area contributed by atoms with Gasteiger partial charge in [0.15, 0.2) is 0 Å². The van der Waals surface area contributed by atoms with Crippen molar-refractivity contribution >= 4 is 5.82 Å². The average molecular weight is 293 g/mol. The van der Waals surface area contributed by atoms with Gasteiger partial charge in [0, 0.05) is 44.0 Å². The minimum absolute atomic E-state index is 0.0261. The fourth-order valence-corrected chi connectivity index (χ4v) is 2.97. The van der Waals surface area contributed by atoms with Crippen LogP contribution in [0.4, 0.5) is 5.82 Å². The number of hydrogen-bond donors (Lipinski definition) is 2. The lowest BCUT2D eigenvalue weighted by molar-refractivity contribution is 0.0344. The summed E-state index contributed by atoms with van der Waals surface area (Å²) in [5, 5.41) is 19.5. The minimum Gasteiger partial charge on any atom is -0.392 e. The van der Waals surface area contributed by atoms with Crippen molar-refractivity contribution in [2.75, 3.05) is 37.6 Å². The summed E-state index contributed by atoms with van der Waals surface area (Å²) in [6.45, 7) is 12.0. The summed E-state index contributed by atoms with van der Waals surface area (Å²) in [4.78, 5) is 9.14. The van der Waals surface area contributed by atoms with Crippen LogP contribution in [0, 0.1) is 13.8 Å². The number of hydrogen-bond acceptors (Lipinski definition) is 5. The van der Waals surface area contributed by atoms with E-state index in [1.165, 1.54) is 0 Å². The SMILES string of the molecule is Cc1cc(C)c(CO)c(N2CCN(CC(C)(C)O)CC2)n1. The number of rotatable bonds is 4. The standard InChI is InChI=1S/C16H27N3O2/c1-12-9-13(2)17-15(14(12)10-20)19-7-5-18(6-8-19)11-16(3,4)21/h9,20-21H,5-8,10-11H2,1-4H3. The summed E-state index contributed by atoms with van der Waals surface area (Å²) in [7, 11) is 0. The van der Waals surface area contributed by atoms with Gasteiger partial charge < -0.3 is 15.1 Å². The molecule has 0 aliphatic carbocycles. The lowest BCUT2D eigenvalue weighted by atomic mass is 10.1. The molecule has 21 heavy (non-hydrogen) atoms. The van der Waals surface area contributed by atoms with Crippen LogP contribution in [-0.2, 0) is 6.61 Å². The van der Waals surface area contributed by atoms with E-state index in [1.54, 1.807) is 0 Å². The normalized spacial score (nSPS) is 17.3. The largest absolute Gasteiger partial charge is 0.392 e. The Balaban J connectivity index is 2.09. The van der Waals surface area contributed by atoms with E-state index in [0.717, 1.165) is 48.8 Å². The zero-order valence-corrected chi connectivity index (χ0v) is 13.6. The number of pyridine rings is 1. The van der Waals surface area contributed by atoms with E-state index in [9.17, 15) is 10.2 Å². The topological polar surface area (TPSA) is 59.8 Å². The summed E-state index contributed by atoms with van der Waals surface area (Å²) in [6.07, 6.45) is 0. The summed E-state index contributed by atoms with van der Waals surface area (Å²) in [5.41, 5.74) is 2.35. The molecular formula is C16H27N3O2. The maximum Gasteiger partial charge on any atom is 0.134 e. The predicted molar refractivity (Wildman–Crippen MR) is 84.6 cm³/mol. The highest BCUT2D eigenvalue weighted by Gasteiger charge is 2.24. The molecule has 2 heterocycles. The lowest BCUT2D eigenvalue weighted by Gasteiger charge is -2.38. The monoisotopic (exact) mass is 293 g/mol. The Bertz CT molecular complexity index is 489. The third kappa shape index (κ3) is 4.15. The van der Waals surface area contributed by atoms with Gasteiger partial charge in [0.1, 0.15) is 5.82 Å². The van der Waals surface area contributed by atoms with Gasteiger partial charge in [-0.3, -0.25) is 4.90 Å². The van der Waals surface area contributed by atoms with Gasteiger partial charge in [-0.1, -0.05) is 0 Å². The van der Waals surface area contributed by atoms with E-state index in [4.69, 9.17) is 0 Å². The van der Waals surface area contributed by atoms with Gasteiger partial charge in [-0.05, 0) is 39.3 Å². The number of aliphatic hydroxyl groups excluding tert-OH is 1. The molecule has 0 saturated carbocycles. The van der Waals surface area contributed by atoms with Gasteiger partial charge in [-0.2, -0.15) is 0 Å². The Morgan fingerprint density at radius 3 is 2.33 bits per heavy atom. The van der Waals surface area contributed by atoms with Gasteiger partial charge in [-0.25, -0.2) is 4.98 Å². The van der Waals surface area contributed by atoms with Crippen LogP contribution in [0.5, 0.6) is 0 Å². The summed E-state index contributed by atoms with van der Waals surface area (Å²) in [6, 6.07) is 2.01. The predicted octanol–water partition coefficient (Wildman–Crippen LogP) is 1.08. The van der Waals surface area contributed by atoms with Gasteiger partial charge in [0.05, 0.1) is 12.2 Å². The molecule has 0 unspecified atom stereocenters. The molecule has 1 saturated heterocycles. The summed E-state index contributed by atoms with van der Waals surface area (Å²) in [5.74, 6) is 0.915. The molecule has 1 aliphatic heterocycles. The number of piperazine rings is 1. The average Bonchev–Trinajstić information content (AvgIpc) is 2.37. The quantitative estimate of drug-likeness (QED) is 0.870. The van der Waals surface area contributed by atoms with E-state index in [-0.39, 0.29) is 6.61 Å².